The molecular weight excluding hydrogens is 362 g/mol. The highest BCUT2D eigenvalue weighted by Crippen LogP contribution is 2.26. The van der Waals surface area contributed by atoms with E-state index in [0.29, 0.717) is 23.8 Å². The summed E-state index contributed by atoms with van der Waals surface area (Å²) in [6.45, 7) is 9.55. The highest BCUT2D eigenvalue weighted by atomic mass is 35.5. The van der Waals surface area contributed by atoms with Crippen molar-refractivity contribution in [3.63, 3.8) is 0 Å². The predicted molar refractivity (Wildman–Crippen MR) is 107 cm³/mol. The molecule has 1 aliphatic heterocycles. The molecule has 1 aliphatic rings. The van der Waals surface area contributed by atoms with Gasteiger partial charge < -0.3 is 9.64 Å². The number of nitrogens with zero attached hydrogens (tertiary/aromatic N) is 3. The molecule has 1 fully saturated rings. The van der Waals surface area contributed by atoms with E-state index in [1.807, 2.05) is 11.0 Å². The van der Waals surface area contributed by atoms with Crippen molar-refractivity contribution in [2.24, 2.45) is 0 Å². The fourth-order valence-electron chi connectivity index (χ4n) is 3.56. The number of aromatic nitrogens is 1. The van der Waals surface area contributed by atoms with Gasteiger partial charge in [-0.3, -0.25) is 9.69 Å². The first-order valence-corrected chi connectivity index (χ1v) is 9.56. The molecule has 0 saturated carbocycles. The molecule has 5 nitrogen and oxygen atoms in total. The number of hydrogen-bond donors (Lipinski definition) is 0. The average Bonchev–Trinajstić information content (AvgIpc) is 2.67. The number of hydrogen-bond acceptors (Lipinski definition) is 4. The molecule has 1 aromatic carbocycles. The van der Waals surface area contributed by atoms with Crippen molar-refractivity contribution in [2.75, 3.05) is 26.7 Å². The van der Waals surface area contributed by atoms with Crippen molar-refractivity contribution < 1.29 is 9.53 Å². The molecule has 0 unspecified atom stereocenters. The van der Waals surface area contributed by atoms with Gasteiger partial charge in [-0.2, -0.15) is 0 Å². The van der Waals surface area contributed by atoms with E-state index in [1.54, 1.807) is 25.4 Å². The zero-order valence-corrected chi connectivity index (χ0v) is 17.1. The number of carbonyl (C=O) groups is 1. The number of pyridine rings is 1. The normalized spacial score (nSPS) is 17.8. The van der Waals surface area contributed by atoms with Crippen LogP contribution in [0.3, 0.4) is 0 Å². The summed E-state index contributed by atoms with van der Waals surface area (Å²) < 4.78 is 5.41. The Bertz CT molecular complexity index is 823. The summed E-state index contributed by atoms with van der Waals surface area (Å²) in [7, 11) is 1.70. The highest BCUT2D eigenvalue weighted by molar-refractivity contribution is 6.29. The number of amides is 1. The first kappa shape index (κ1) is 19.6. The van der Waals surface area contributed by atoms with Crippen LogP contribution in [-0.2, 0) is 6.54 Å². The summed E-state index contributed by atoms with van der Waals surface area (Å²) in [6.07, 6.45) is 1.55. The van der Waals surface area contributed by atoms with Crippen LogP contribution in [0.4, 0.5) is 0 Å². The van der Waals surface area contributed by atoms with Crippen LogP contribution in [0.1, 0.15) is 34.0 Å². The summed E-state index contributed by atoms with van der Waals surface area (Å²) >= 11 is 5.81. The van der Waals surface area contributed by atoms with E-state index in [2.05, 4.69) is 36.7 Å². The molecule has 6 heteroatoms. The van der Waals surface area contributed by atoms with E-state index in [0.717, 1.165) is 18.8 Å². The summed E-state index contributed by atoms with van der Waals surface area (Å²) in [5.41, 5.74) is 4.35. The Morgan fingerprint density at radius 3 is 2.63 bits per heavy atom. The van der Waals surface area contributed by atoms with Crippen LogP contribution in [0.15, 0.2) is 30.5 Å². The van der Waals surface area contributed by atoms with Gasteiger partial charge in [0.25, 0.3) is 5.91 Å². The van der Waals surface area contributed by atoms with E-state index in [9.17, 15) is 4.79 Å². The summed E-state index contributed by atoms with van der Waals surface area (Å²) in [5.74, 6) is 0.943. The van der Waals surface area contributed by atoms with Gasteiger partial charge in [0, 0.05) is 38.4 Å². The lowest BCUT2D eigenvalue weighted by Crippen LogP contribution is -2.53. The van der Waals surface area contributed by atoms with E-state index >= 15 is 0 Å². The minimum atomic E-state index is 0.0159. The highest BCUT2D eigenvalue weighted by Gasteiger charge is 2.28. The lowest BCUT2D eigenvalue weighted by molar-refractivity contribution is 0.0494. The third-order valence-electron chi connectivity index (χ3n) is 5.47. The van der Waals surface area contributed by atoms with Crippen LogP contribution in [0.5, 0.6) is 5.75 Å². The Kier molecular flexibility index (Phi) is 6.02. The second-order valence-electron chi connectivity index (χ2n) is 7.12. The van der Waals surface area contributed by atoms with Crippen LogP contribution < -0.4 is 4.74 Å². The molecule has 0 spiro atoms. The number of ether oxygens (including phenoxy) is 1. The molecule has 2 heterocycles. The third-order valence-corrected chi connectivity index (χ3v) is 5.69. The van der Waals surface area contributed by atoms with Crippen molar-refractivity contribution in [3.05, 3.63) is 57.9 Å². The molecular formula is C21H26ClN3O2. The Balaban J connectivity index is 1.66. The second-order valence-corrected chi connectivity index (χ2v) is 7.50. The number of piperazine rings is 1. The van der Waals surface area contributed by atoms with E-state index < -0.39 is 0 Å². The van der Waals surface area contributed by atoms with Crippen LogP contribution in [0.25, 0.3) is 0 Å². The standard InChI is InChI=1S/C21H26ClN3O2/c1-14-12-25(21(26)17-6-8-20(22)23-11-17)10-9-24(14)13-18-5-7-19(27-4)16(3)15(18)2/h5-8,11,14H,9-10,12-13H2,1-4H3/t14-/m0/s1. The molecule has 27 heavy (non-hydrogen) atoms. The molecule has 0 bridgehead atoms. The molecule has 144 valence electrons. The zero-order valence-electron chi connectivity index (χ0n) is 16.3. The molecule has 1 aromatic heterocycles. The Morgan fingerprint density at radius 2 is 2.00 bits per heavy atom. The van der Waals surface area contributed by atoms with Crippen LogP contribution >= 0.6 is 11.6 Å². The van der Waals surface area contributed by atoms with Crippen LogP contribution in [0, 0.1) is 13.8 Å². The minimum absolute atomic E-state index is 0.0159. The lowest BCUT2D eigenvalue weighted by Gasteiger charge is -2.40. The first-order chi connectivity index (χ1) is 12.9. The summed E-state index contributed by atoms with van der Waals surface area (Å²) in [6, 6.07) is 7.85. The average molecular weight is 388 g/mol. The van der Waals surface area contributed by atoms with Gasteiger partial charge in [-0.1, -0.05) is 17.7 Å². The fraction of sp³-hybridized carbons (Fsp3) is 0.429. The van der Waals surface area contributed by atoms with Crippen molar-refractivity contribution in [1.82, 2.24) is 14.8 Å². The Hall–Kier alpha value is -2.11. The van der Waals surface area contributed by atoms with Crippen LogP contribution in [0.2, 0.25) is 5.15 Å². The van der Waals surface area contributed by atoms with Gasteiger partial charge in [0.15, 0.2) is 0 Å². The number of benzene rings is 1. The maximum absolute atomic E-state index is 12.7. The second kappa shape index (κ2) is 8.28. The topological polar surface area (TPSA) is 45.7 Å². The molecule has 1 atom stereocenters. The maximum atomic E-state index is 12.7. The monoisotopic (exact) mass is 387 g/mol. The molecule has 2 aromatic rings. The summed E-state index contributed by atoms with van der Waals surface area (Å²) in [4.78, 5) is 21.0. The molecule has 0 aliphatic carbocycles. The molecule has 0 radical (unpaired) electrons. The van der Waals surface area contributed by atoms with Gasteiger partial charge in [0.05, 0.1) is 12.7 Å². The van der Waals surface area contributed by atoms with Gasteiger partial charge in [-0.25, -0.2) is 4.98 Å². The quantitative estimate of drug-likeness (QED) is 0.750. The number of methoxy groups -OCH3 is 1. The molecule has 3 rings (SSSR count). The van der Waals surface area contributed by atoms with Crippen molar-refractivity contribution in [2.45, 2.75) is 33.4 Å². The van der Waals surface area contributed by atoms with E-state index in [1.165, 1.54) is 16.7 Å². The van der Waals surface area contributed by atoms with Gasteiger partial charge in [-0.05, 0) is 55.7 Å². The fourth-order valence-corrected chi connectivity index (χ4v) is 3.67. The van der Waals surface area contributed by atoms with E-state index in [-0.39, 0.29) is 11.9 Å². The Labute approximate surface area is 165 Å². The third kappa shape index (κ3) is 4.25. The number of carbonyl (C=O) groups excluding carboxylic acids is 1. The van der Waals surface area contributed by atoms with Crippen molar-refractivity contribution in [1.29, 1.82) is 0 Å². The van der Waals surface area contributed by atoms with Crippen LogP contribution in [-0.4, -0.2) is 53.5 Å². The van der Waals surface area contributed by atoms with Crippen molar-refractivity contribution >= 4 is 17.5 Å². The van der Waals surface area contributed by atoms with Gasteiger partial charge in [0.2, 0.25) is 0 Å². The largest absolute Gasteiger partial charge is 0.496 e. The minimum Gasteiger partial charge on any atom is -0.496 e. The smallest absolute Gasteiger partial charge is 0.255 e. The maximum Gasteiger partial charge on any atom is 0.255 e. The summed E-state index contributed by atoms with van der Waals surface area (Å²) in [5, 5.41) is 0.398. The van der Waals surface area contributed by atoms with Gasteiger partial charge >= 0.3 is 0 Å². The molecule has 0 N–H and O–H groups in total. The predicted octanol–water partition coefficient (Wildman–Crippen LogP) is 3.71. The van der Waals surface area contributed by atoms with Crippen molar-refractivity contribution in [3.8, 4) is 5.75 Å². The molecule has 1 saturated heterocycles. The molecule has 1 amide bonds. The number of rotatable bonds is 4. The van der Waals surface area contributed by atoms with Gasteiger partial charge in [-0.15, -0.1) is 0 Å². The zero-order chi connectivity index (χ0) is 19.6. The van der Waals surface area contributed by atoms with Gasteiger partial charge in [0.1, 0.15) is 10.9 Å². The number of halogens is 1. The Morgan fingerprint density at radius 1 is 1.22 bits per heavy atom. The lowest BCUT2D eigenvalue weighted by atomic mass is 10.0. The van der Waals surface area contributed by atoms with E-state index in [4.69, 9.17) is 16.3 Å². The first-order valence-electron chi connectivity index (χ1n) is 9.18. The SMILES string of the molecule is COc1ccc(CN2CCN(C(=O)c3ccc(Cl)nc3)C[C@@H]2C)c(C)c1C.